The Hall–Kier alpha value is -0.0800. The molecule has 0 unspecified atom stereocenters. The number of aliphatic hydroxyl groups is 1. The lowest BCUT2D eigenvalue weighted by Gasteiger charge is -2.09. The van der Waals surface area contributed by atoms with E-state index < -0.39 is 0 Å². The lowest BCUT2D eigenvalue weighted by atomic mass is 10.2. The van der Waals surface area contributed by atoms with Crippen LogP contribution in [0.1, 0.15) is 20.3 Å². The highest BCUT2D eigenvalue weighted by Crippen LogP contribution is 1.98. The lowest BCUT2D eigenvalue weighted by Crippen LogP contribution is -2.13. The maximum absolute atomic E-state index is 8.77. The molecular weight excluding hydrogens is 104 g/mol. The first-order chi connectivity index (χ1) is 3.66. The van der Waals surface area contributed by atoms with E-state index in [1.807, 2.05) is 6.92 Å². The Morgan fingerprint density at radius 1 is 1.50 bits per heavy atom. The third-order valence-electron chi connectivity index (χ3n) is 1.08. The van der Waals surface area contributed by atoms with Crippen LogP contribution in [0.25, 0.3) is 0 Å². The van der Waals surface area contributed by atoms with Gasteiger partial charge in [-0.3, -0.25) is 0 Å². The van der Waals surface area contributed by atoms with E-state index in [2.05, 4.69) is 0 Å². The van der Waals surface area contributed by atoms with Crippen LogP contribution in [0, 0.1) is 0 Å². The van der Waals surface area contributed by atoms with Crippen molar-refractivity contribution in [3.8, 4) is 0 Å². The Morgan fingerprint density at radius 2 is 2.00 bits per heavy atom. The van der Waals surface area contributed by atoms with Crippen LogP contribution in [-0.4, -0.2) is 24.4 Å². The Labute approximate surface area is 50.5 Å². The number of methoxy groups -OCH3 is 1. The van der Waals surface area contributed by atoms with E-state index in [4.69, 9.17) is 9.84 Å². The normalized spacial score (nSPS) is 18.0. The molecule has 0 aliphatic heterocycles. The van der Waals surface area contributed by atoms with Crippen molar-refractivity contribution < 1.29 is 9.84 Å². The van der Waals surface area contributed by atoms with Crippen molar-refractivity contribution in [3.63, 3.8) is 0 Å². The van der Waals surface area contributed by atoms with Gasteiger partial charge in [0.2, 0.25) is 0 Å². The van der Waals surface area contributed by atoms with Gasteiger partial charge >= 0.3 is 0 Å². The molecule has 0 bridgehead atoms. The first-order valence-electron chi connectivity index (χ1n) is 2.87. The molecule has 0 aromatic heterocycles. The monoisotopic (exact) mass is 118 g/mol. The van der Waals surface area contributed by atoms with Crippen molar-refractivity contribution in [1.82, 2.24) is 0 Å². The molecule has 2 nitrogen and oxygen atoms in total. The minimum atomic E-state index is -0.245. The highest BCUT2D eigenvalue weighted by Gasteiger charge is 2.02. The van der Waals surface area contributed by atoms with Gasteiger partial charge in [-0.1, -0.05) is 0 Å². The number of aliphatic hydroxyl groups excluding tert-OH is 1. The van der Waals surface area contributed by atoms with E-state index in [0.29, 0.717) is 0 Å². The van der Waals surface area contributed by atoms with Crippen molar-refractivity contribution in [3.05, 3.63) is 0 Å². The summed E-state index contributed by atoms with van der Waals surface area (Å²) in [6.45, 7) is 3.70. The molecule has 0 fully saturated rings. The third-order valence-corrected chi connectivity index (χ3v) is 1.08. The zero-order chi connectivity index (χ0) is 6.57. The average molecular weight is 118 g/mol. The van der Waals surface area contributed by atoms with Gasteiger partial charge in [-0.2, -0.15) is 0 Å². The number of ether oxygens (including phenoxy) is 1. The quantitative estimate of drug-likeness (QED) is 0.593. The van der Waals surface area contributed by atoms with Gasteiger partial charge in [0, 0.05) is 7.11 Å². The smallest absolute Gasteiger partial charge is 0.0567 e. The zero-order valence-electron chi connectivity index (χ0n) is 5.72. The van der Waals surface area contributed by atoms with Crippen LogP contribution < -0.4 is 0 Å². The summed E-state index contributed by atoms with van der Waals surface area (Å²) in [5.74, 6) is 0. The summed E-state index contributed by atoms with van der Waals surface area (Å²) in [5, 5.41) is 8.77. The van der Waals surface area contributed by atoms with Crippen molar-refractivity contribution in [1.29, 1.82) is 0 Å². The van der Waals surface area contributed by atoms with E-state index in [1.165, 1.54) is 0 Å². The predicted octanol–water partition coefficient (Wildman–Crippen LogP) is 0.792. The fourth-order valence-corrected chi connectivity index (χ4v) is 0.577. The molecule has 50 valence electrons. The van der Waals surface area contributed by atoms with E-state index in [1.54, 1.807) is 14.0 Å². The highest BCUT2D eigenvalue weighted by atomic mass is 16.5. The number of hydrogen-bond donors (Lipinski definition) is 1. The Kier molecular flexibility index (Phi) is 3.83. The molecule has 0 rings (SSSR count). The molecule has 0 saturated heterocycles. The van der Waals surface area contributed by atoms with Crippen LogP contribution in [0.15, 0.2) is 0 Å². The molecule has 0 amide bonds. The number of rotatable bonds is 3. The van der Waals surface area contributed by atoms with Gasteiger partial charge in [-0.05, 0) is 20.3 Å². The Morgan fingerprint density at radius 3 is 2.12 bits per heavy atom. The average Bonchev–Trinajstić information content (AvgIpc) is 1.65. The topological polar surface area (TPSA) is 29.5 Å². The van der Waals surface area contributed by atoms with Gasteiger partial charge in [0.05, 0.1) is 12.2 Å². The van der Waals surface area contributed by atoms with Gasteiger partial charge < -0.3 is 9.84 Å². The SMILES string of the molecule is CO[C@@H](C)C[C@@H](C)O. The number of hydrogen-bond acceptors (Lipinski definition) is 2. The Balaban J connectivity index is 3.10. The van der Waals surface area contributed by atoms with Crippen LogP contribution in [0.2, 0.25) is 0 Å². The fraction of sp³-hybridized carbons (Fsp3) is 1.00. The minimum Gasteiger partial charge on any atom is -0.393 e. The molecule has 0 spiro atoms. The maximum atomic E-state index is 8.77. The van der Waals surface area contributed by atoms with Crippen LogP contribution in [0.4, 0.5) is 0 Å². The van der Waals surface area contributed by atoms with E-state index in [-0.39, 0.29) is 12.2 Å². The standard InChI is InChI=1S/C6H14O2/c1-5(7)4-6(2)8-3/h5-7H,4H2,1-3H3/t5-,6+/m1/s1. The molecule has 0 aromatic rings. The summed E-state index contributed by atoms with van der Waals surface area (Å²) in [6, 6.07) is 0. The van der Waals surface area contributed by atoms with Crippen LogP contribution in [0.5, 0.6) is 0 Å². The lowest BCUT2D eigenvalue weighted by molar-refractivity contribution is 0.0635. The summed E-state index contributed by atoms with van der Waals surface area (Å²) < 4.78 is 4.90. The molecule has 8 heavy (non-hydrogen) atoms. The largest absolute Gasteiger partial charge is 0.393 e. The molecule has 2 atom stereocenters. The van der Waals surface area contributed by atoms with Crippen molar-refractivity contribution in [2.75, 3.05) is 7.11 Å². The summed E-state index contributed by atoms with van der Waals surface area (Å²) in [6.07, 6.45) is 0.649. The summed E-state index contributed by atoms with van der Waals surface area (Å²) in [7, 11) is 1.65. The molecule has 0 aliphatic carbocycles. The van der Waals surface area contributed by atoms with Crippen LogP contribution in [0.3, 0.4) is 0 Å². The third kappa shape index (κ3) is 4.09. The van der Waals surface area contributed by atoms with Gasteiger partial charge in [0.25, 0.3) is 0 Å². The first kappa shape index (κ1) is 7.92. The summed E-state index contributed by atoms with van der Waals surface area (Å²) in [4.78, 5) is 0. The van der Waals surface area contributed by atoms with Crippen LogP contribution in [-0.2, 0) is 4.74 Å². The second-order valence-corrected chi connectivity index (χ2v) is 2.13. The summed E-state index contributed by atoms with van der Waals surface area (Å²) in [5.41, 5.74) is 0. The van der Waals surface area contributed by atoms with Gasteiger partial charge in [-0.15, -0.1) is 0 Å². The van der Waals surface area contributed by atoms with Crippen LogP contribution >= 0.6 is 0 Å². The molecule has 0 saturated carbocycles. The fourth-order valence-electron chi connectivity index (χ4n) is 0.577. The molecule has 2 heteroatoms. The maximum Gasteiger partial charge on any atom is 0.0567 e. The minimum absolute atomic E-state index is 0.176. The molecule has 0 aromatic carbocycles. The highest BCUT2D eigenvalue weighted by molar-refractivity contribution is 4.53. The van der Waals surface area contributed by atoms with E-state index >= 15 is 0 Å². The van der Waals surface area contributed by atoms with Gasteiger partial charge in [0.1, 0.15) is 0 Å². The molecule has 0 aliphatic rings. The zero-order valence-corrected chi connectivity index (χ0v) is 5.72. The van der Waals surface area contributed by atoms with E-state index in [0.717, 1.165) is 6.42 Å². The van der Waals surface area contributed by atoms with Crippen molar-refractivity contribution in [2.24, 2.45) is 0 Å². The molecule has 1 N–H and O–H groups in total. The molecule has 0 heterocycles. The second kappa shape index (κ2) is 3.87. The van der Waals surface area contributed by atoms with E-state index in [9.17, 15) is 0 Å². The molecular formula is C6H14O2. The Bertz CT molecular complexity index is 52.5. The predicted molar refractivity (Wildman–Crippen MR) is 32.8 cm³/mol. The van der Waals surface area contributed by atoms with Crippen molar-refractivity contribution in [2.45, 2.75) is 32.5 Å². The molecule has 0 radical (unpaired) electrons. The second-order valence-electron chi connectivity index (χ2n) is 2.13. The first-order valence-corrected chi connectivity index (χ1v) is 2.87. The summed E-state index contributed by atoms with van der Waals surface area (Å²) >= 11 is 0. The van der Waals surface area contributed by atoms with Gasteiger partial charge in [0.15, 0.2) is 0 Å². The van der Waals surface area contributed by atoms with Gasteiger partial charge in [-0.25, -0.2) is 0 Å². The van der Waals surface area contributed by atoms with Crippen molar-refractivity contribution >= 4 is 0 Å².